The van der Waals surface area contributed by atoms with Gasteiger partial charge in [0.05, 0.1) is 25.2 Å². The van der Waals surface area contributed by atoms with Gasteiger partial charge in [-0.05, 0) is 25.0 Å². The molecule has 0 aliphatic rings. The van der Waals surface area contributed by atoms with Gasteiger partial charge in [-0.3, -0.25) is 4.79 Å². The van der Waals surface area contributed by atoms with Gasteiger partial charge >= 0.3 is 5.97 Å². The molecule has 0 saturated carbocycles. The Morgan fingerprint density at radius 2 is 2.00 bits per heavy atom. The van der Waals surface area contributed by atoms with Gasteiger partial charge in [0.2, 0.25) is 0 Å². The van der Waals surface area contributed by atoms with Gasteiger partial charge in [0.1, 0.15) is 12.2 Å². The summed E-state index contributed by atoms with van der Waals surface area (Å²) in [6, 6.07) is 7.72. The zero-order valence-corrected chi connectivity index (χ0v) is 15.3. The van der Waals surface area contributed by atoms with E-state index >= 15 is 0 Å². The Bertz CT molecular complexity index is 774. The van der Waals surface area contributed by atoms with Crippen molar-refractivity contribution in [1.82, 2.24) is 10.3 Å². The number of rotatable bonds is 7. The van der Waals surface area contributed by atoms with E-state index in [9.17, 15) is 9.59 Å². The van der Waals surface area contributed by atoms with E-state index in [4.69, 9.17) is 4.74 Å². The van der Waals surface area contributed by atoms with Gasteiger partial charge in [0.25, 0.3) is 5.91 Å². The molecule has 0 bridgehead atoms. The van der Waals surface area contributed by atoms with Gasteiger partial charge in [-0.25, -0.2) is 9.78 Å². The van der Waals surface area contributed by atoms with Crippen molar-refractivity contribution in [3.8, 4) is 0 Å². The molecule has 0 aliphatic heterocycles. The van der Waals surface area contributed by atoms with Crippen LogP contribution in [-0.2, 0) is 16.1 Å². The summed E-state index contributed by atoms with van der Waals surface area (Å²) in [6.45, 7) is 5.39. The molecule has 6 heteroatoms. The first-order valence-electron chi connectivity index (χ1n) is 8.52. The third-order valence-electron chi connectivity index (χ3n) is 4.12. The molecule has 0 radical (unpaired) electrons. The second-order valence-electron chi connectivity index (χ2n) is 6.23. The molecule has 1 amide bonds. The number of carbonyl (C=O) groups is 2. The van der Waals surface area contributed by atoms with E-state index in [1.165, 1.54) is 7.11 Å². The number of carbonyl (C=O) groups excluding carboxylic acids is 2. The number of amides is 1. The second kappa shape index (κ2) is 8.58. The van der Waals surface area contributed by atoms with Crippen LogP contribution < -0.4 is 10.2 Å². The number of para-hydroxylation sites is 1. The number of hydrogen-bond acceptors (Lipinski definition) is 4. The normalized spacial score (nSPS) is 12.0. The van der Waals surface area contributed by atoms with Crippen molar-refractivity contribution >= 4 is 22.8 Å². The number of methoxy groups -OCH3 is 1. The predicted octanol–water partition coefficient (Wildman–Crippen LogP) is 0.871. The van der Waals surface area contributed by atoms with Crippen LogP contribution in [0.5, 0.6) is 0 Å². The molecule has 1 heterocycles. The third-order valence-corrected chi connectivity index (χ3v) is 4.12. The topological polar surface area (TPSA) is 72.7 Å². The number of quaternary nitrogens is 1. The summed E-state index contributed by atoms with van der Waals surface area (Å²) in [4.78, 5) is 29.8. The summed E-state index contributed by atoms with van der Waals surface area (Å²) in [5.74, 6) is -0.398. The molecule has 6 nitrogen and oxygen atoms in total. The number of fused-ring (bicyclic) bond motifs is 1. The molecule has 0 fully saturated rings. The number of ether oxygens (including phenoxy) is 1. The monoisotopic (exact) mass is 344 g/mol. The highest BCUT2D eigenvalue weighted by molar-refractivity contribution is 5.98. The van der Waals surface area contributed by atoms with Crippen LogP contribution in [-0.4, -0.2) is 44.1 Å². The number of aryl methyl sites for hydroxylation is 1. The quantitative estimate of drug-likeness (QED) is 0.731. The first-order chi connectivity index (χ1) is 12.0. The molecule has 0 aliphatic carbocycles. The van der Waals surface area contributed by atoms with Crippen LogP contribution in [0.4, 0.5) is 0 Å². The van der Waals surface area contributed by atoms with Crippen LogP contribution >= 0.6 is 0 Å². The summed E-state index contributed by atoms with van der Waals surface area (Å²) in [6.07, 6.45) is 0.905. The van der Waals surface area contributed by atoms with E-state index in [0.717, 1.165) is 27.8 Å². The summed E-state index contributed by atoms with van der Waals surface area (Å²) < 4.78 is 4.95. The molecular weight excluding hydrogens is 318 g/mol. The third kappa shape index (κ3) is 4.54. The van der Waals surface area contributed by atoms with Crippen LogP contribution in [0.3, 0.4) is 0 Å². The number of pyridine rings is 1. The highest BCUT2D eigenvalue weighted by atomic mass is 16.5. The van der Waals surface area contributed by atoms with Crippen LogP contribution in [0.1, 0.15) is 35.0 Å². The van der Waals surface area contributed by atoms with Gasteiger partial charge < -0.3 is 15.0 Å². The molecule has 1 unspecified atom stereocenters. The van der Waals surface area contributed by atoms with Crippen molar-refractivity contribution in [2.24, 2.45) is 0 Å². The minimum atomic E-state index is -0.394. The highest BCUT2D eigenvalue weighted by Gasteiger charge is 2.22. The van der Waals surface area contributed by atoms with E-state index < -0.39 is 5.97 Å². The van der Waals surface area contributed by atoms with E-state index in [-0.39, 0.29) is 5.91 Å². The van der Waals surface area contributed by atoms with Crippen LogP contribution in [0.25, 0.3) is 10.9 Å². The molecule has 134 valence electrons. The Balaban J connectivity index is 2.32. The van der Waals surface area contributed by atoms with Crippen LogP contribution in [0, 0.1) is 6.92 Å². The lowest BCUT2D eigenvalue weighted by atomic mass is 10.0. The molecule has 2 N–H and O–H groups in total. The number of nitrogens with zero attached hydrogens (tertiary/aromatic N) is 1. The molecule has 1 aromatic carbocycles. The Hall–Kier alpha value is -2.47. The number of hydrogen-bond donors (Lipinski definition) is 2. The zero-order chi connectivity index (χ0) is 18.4. The molecule has 0 saturated heterocycles. The fourth-order valence-corrected chi connectivity index (χ4v) is 2.89. The first kappa shape index (κ1) is 18.9. The molecule has 1 atom stereocenters. The van der Waals surface area contributed by atoms with Gasteiger partial charge in [-0.2, -0.15) is 0 Å². The summed E-state index contributed by atoms with van der Waals surface area (Å²) >= 11 is 0. The Labute approximate surface area is 148 Å². The number of aromatic nitrogens is 1. The maximum atomic E-state index is 12.3. The van der Waals surface area contributed by atoms with Gasteiger partial charge in [0, 0.05) is 11.9 Å². The average Bonchev–Trinajstić information content (AvgIpc) is 2.59. The second-order valence-corrected chi connectivity index (χ2v) is 6.23. The van der Waals surface area contributed by atoms with Crippen molar-refractivity contribution in [3.05, 3.63) is 41.1 Å². The van der Waals surface area contributed by atoms with Crippen LogP contribution in [0.15, 0.2) is 24.3 Å². The fraction of sp³-hybridized carbons (Fsp3) is 0.421. The van der Waals surface area contributed by atoms with Crippen LogP contribution in [0.2, 0.25) is 0 Å². The van der Waals surface area contributed by atoms with E-state index in [0.29, 0.717) is 30.9 Å². The number of benzene rings is 1. The largest absolute Gasteiger partial charge is 0.465 e. The maximum absolute atomic E-state index is 12.3. The van der Waals surface area contributed by atoms with E-state index in [1.807, 2.05) is 45.2 Å². The Morgan fingerprint density at radius 1 is 1.28 bits per heavy atom. The molecule has 0 spiro atoms. The minimum Gasteiger partial charge on any atom is -0.465 e. The van der Waals surface area contributed by atoms with E-state index in [2.05, 4.69) is 10.3 Å². The Morgan fingerprint density at radius 3 is 2.68 bits per heavy atom. The van der Waals surface area contributed by atoms with Crippen molar-refractivity contribution in [1.29, 1.82) is 0 Å². The lowest BCUT2D eigenvalue weighted by Gasteiger charge is -2.17. The molecule has 1 aromatic heterocycles. The molecular formula is C19H26N3O3+. The lowest BCUT2D eigenvalue weighted by molar-refractivity contribution is -0.885. The lowest BCUT2D eigenvalue weighted by Crippen LogP contribution is -3.09. The number of esters is 1. The van der Waals surface area contributed by atoms with Crippen molar-refractivity contribution in [2.75, 3.05) is 27.2 Å². The van der Waals surface area contributed by atoms with Crippen molar-refractivity contribution in [3.63, 3.8) is 0 Å². The van der Waals surface area contributed by atoms with Crippen molar-refractivity contribution < 1.29 is 19.2 Å². The zero-order valence-electron chi connectivity index (χ0n) is 15.3. The van der Waals surface area contributed by atoms with Gasteiger partial charge in [0.15, 0.2) is 6.54 Å². The van der Waals surface area contributed by atoms with Gasteiger partial charge in [-0.1, -0.05) is 25.1 Å². The summed E-state index contributed by atoms with van der Waals surface area (Å²) in [7, 11) is 3.29. The SMILES string of the molecule is CCCNC(=O)C[NH+](C)Cc1nc2ccccc2c(C)c1C(=O)OC. The maximum Gasteiger partial charge on any atom is 0.340 e. The number of nitrogens with one attached hydrogen (secondary N) is 2. The van der Waals surface area contributed by atoms with Crippen molar-refractivity contribution in [2.45, 2.75) is 26.8 Å². The fourth-order valence-electron chi connectivity index (χ4n) is 2.89. The highest BCUT2D eigenvalue weighted by Crippen LogP contribution is 2.23. The molecule has 25 heavy (non-hydrogen) atoms. The summed E-state index contributed by atoms with van der Waals surface area (Å²) in [5.41, 5.74) is 2.85. The Kier molecular flexibility index (Phi) is 6.47. The average molecular weight is 344 g/mol. The van der Waals surface area contributed by atoms with E-state index in [1.54, 1.807) is 0 Å². The predicted molar refractivity (Wildman–Crippen MR) is 96.6 cm³/mol. The smallest absolute Gasteiger partial charge is 0.340 e. The van der Waals surface area contributed by atoms with Gasteiger partial charge in [-0.15, -0.1) is 0 Å². The molecule has 2 rings (SSSR count). The first-order valence-corrected chi connectivity index (χ1v) is 8.52. The molecule has 2 aromatic rings. The standard InChI is InChI=1S/C19H25N3O3/c1-5-10-20-17(23)12-22(3)11-16-18(19(24)25-4)13(2)14-8-6-7-9-15(14)21-16/h6-9H,5,10-12H2,1-4H3,(H,20,23)/p+1. The number of likely N-dealkylation sites (N-methyl/N-ethyl adjacent to an activating group) is 1. The minimum absolute atomic E-state index is 0.00326. The summed E-state index contributed by atoms with van der Waals surface area (Å²) in [5, 5.41) is 3.80.